The van der Waals surface area contributed by atoms with Crippen LogP contribution in [0.3, 0.4) is 0 Å². The SMILES string of the molecule is CSCSc1nnc(N)s1. The Kier molecular flexibility index (Phi) is 3.30. The number of hydrogen-bond donors (Lipinski definition) is 1. The molecule has 0 aliphatic heterocycles. The van der Waals surface area contributed by atoms with Gasteiger partial charge in [-0.05, 0) is 6.26 Å². The van der Waals surface area contributed by atoms with Crippen molar-refractivity contribution in [1.29, 1.82) is 0 Å². The third-order valence-electron chi connectivity index (χ3n) is 0.722. The van der Waals surface area contributed by atoms with Gasteiger partial charge in [0.2, 0.25) is 5.13 Å². The third kappa shape index (κ3) is 2.36. The molecule has 1 rings (SSSR count). The molecule has 0 aromatic carbocycles. The molecule has 0 saturated heterocycles. The van der Waals surface area contributed by atoms with Crippen LogP contribution in [0.1, 0.15) is 0 Å². The summed E-state index contributed by atoms with van der Waals surface area (Å²) in [4.78, 5) is 0. The molecule has 2 N–H and O–H groups in total. The zero-order valence-corrected chi connectivity index (χ0v) is 7.85. The maximum atomic E-state index is 5.38. The molecule has 3 nitrogen and oxygen atoms in total. The molecule has 56 valence electrons. The molecular formula is C4H7N3S3. The predicted molar refractivity (Wildman–Crippen MR) is 48.6 cm³/mol. The van der Waals surface area contributed by atoms with E-state index in [9.17, 15) is 0 Å². The van der Waals surface area contributed by atoms with E-state index >= 15 is 0 Å². The molecule has 1 heterocycles. The number of rotatable bonds is 3. The van der Waals surface area contributed by atoms with Crippen LogP contribution in [0.25, 0.3) is 0 Å². The Balaban J connectivity index is 2.42. The van der Waals surface area contributed by atoms with Gasteiger partial charge in [0.25, 0.3) is 0 Å². The zero-order chi connectivity index (χ0) is 7.40. The van der Waals surface area contributed by atoms with Crippen molar-refractivity contribution in [2.75, 3.05) is 17.1 Å². The van der Waals surface area contributed by atoms with Gasteiger partial charge in [0.15, 0.2) is 4.34 Å². The molecular weight excluding hydrogens is 186 g/mol. The summed E-state index contributed by atoms with van der Waals surface area (Å²) in [6, 6.07) is 0. The van der Waals surface area contributed by atoms with Crippen molar-refractivity contribution < 1.29 is 0 Å². The quantitative estimate of drug-likeness (QED) is 0.583. The molecule has 1 aromatic rings. The average Bonchev–Trinajstić information content (AvgIpc) is 2.31. The van der Waals surface area contributed by atoms with Gasteiger partial charge in [0.1, 0.15) is 0 Å². The van der Waals surface area contributed by atoms with E-state index in [1.54, 1.807) is 23.5 Å². The summed E-state index contributed by atoms with van der Waals surface area (Å²) in [7, 11) is 0. The predicted octanol–water partition coefficient (Wildman–Crippen LogP) is 1.53. The first kappa shape index (κ1) is 8.16. The summed E-state index contributed by atoms with van der Waals surface area (Å²) in [6.45, 7) is 0. The van der Waals surface area contributed by atoms with E-state index in [1.807, 2.05) is 0 Å². The largest absolute Gasteiger partial charge is 0.374 e. The summed E-state index contributed by atoms with van der Waals surface area (Å²) < 4.78 is 0.951. The van der Waals surface area contributed by atoms with Gasteiger partial charge in [-0.15, -0.1) is 10.2 Å². The molecule has 0 fully saturated rings. The van der Waals surface area contributed by atoms with Crippen LogP contribution in [0.5, 0.6) is 0 Å². The highest BCUT2D eigenvalue weighted by Crippen LogP contribution is 2.25. The van der Waals surface area contributed by atoms with Crippen molar-refractivity contribution in [3.05, 3.63) is 0 Å². The molecule has 0 aliphatic carbocycles. The van der Waals surface area contributed by atoms with Gasteiger partial charge < -0.3 is 5.73 Å². The summed E-state index contributed by atoms with van der Waals surface area (Å²) in [5.74, 6) is 0. The number of aromatic nitrogens is 2. The van der Waals surface area contributed by atoms with Crippen LogP contribution in [0, 0.1) is 0 Å². The summed E-state index contributed by atoms with van der Waals surface area (Å²) in [6.07, 6.45) is 2.05. The van der Waals surface area contributed by atoms with Gasteiger partial charge in [-0.1, -0.05) is 23.1 Å². The van der Waals surface area contributed by atoms with Gasteiger partial charge in [0, 0.05) is 5.08 Å². The fraction of sp³-hybridized carbons (Fsp3) is 0.500. The van der Waals surface area contributed by atoms with Crippen molar-refractivity contribution >= 4 is 40.0 Å². The van der Waals surface area contributed by atoms with Crippen molar-refractivity contribution in [3.63, 3.8) is 0 Å². The first-order valence-electron chi connectivity index (χ1n) is 2.53. The van der Waals surface area contributed by atoms with E-state index in [1.165, 1.54) is 11.3 Å². The minimum Gasteiger partial charge on any atom is -0.374 e. The molecule has 0 bridgehead atoms. The standard InChI is InChI=1S/C4H7N3S3/c1-8-2-9-4-7-6-3(5)10-4/h2H2,1H3,(H2,5,6). The second-order valence-corrected chi connectivity index (χ2v) is 4.92. The topological polar surface area (TPSA) is 51.8 Å². The van der Waals surface area contributed by atoms with Gasteiger partial charge in [0.05, 0.1) is 0 Å². The second kappa shape index (κ2) is 4.05. The number of nitrogens with two attached hydrogens (primary N) is 1. The van der Waals surface area contributed by atoms with E-state index in [4.69, 9.17) is 5.73 Å². The average molecular weight is 193 g/mol. The maximum absolute atomic E-state index is 5.38. The van der Waals surface area contributed by atoms with Crippen LogP contribution in [0.4, 0.5) is 5.13 Å². The Bertz CT molecular complexity index is 199. The van der Waals surface area contributed by atoms with Gasteiger partial charge in [-0.2, -0.15) is 11.8 Å². The lowest BCUT2D eigenvalue weighted by Gasteiger charge is -1.87. The molecule has 0 spiro atoms. The van der Waals surface area contributed by atoms with E-state index in [0.717, 1.165) is 9.42 Å². The van der Waals surface area contributed by atoms with Crippen molar-refractivity contribution in [3.8, 4) is 0 Å². The van der Waals surface area contributed by atoms with Crippen LogP contribution in [-0.2, 0) is 0 Å². The molecule has 0 atom stereocenters. The van der Waals surface area contributed by atoms with E-state index in [-0.39, 0.29) is 0 Å². The molecule has 10 heavy (non-hydrogen) atoms. The minimum absolute atomic E-state index is 0.545. The zero-order valence-electron chi connectivity index (χ0n) is 5.40. The van der Waals surface area contributed by atoms with Crippen molar-refractivity contribution in [2.45, 2.75) is 4.34 Å². The lowest BCUT2D eigenvalue weighted by Crippen LogP contribution is -1.79. The van der Waals surface area contributed by atoms with Crippen LogP contribution >= 0.6 is 34.9 Å². The lowest BCUT2D eigenvalue weighted by atomic mass is 11.3. The van der Waals surface area contributed by atoms with Gasteiger partial charge in [-0.3, -0.25) is 0 Å². The lowest BCUT2D eigenvalue weighted by molar-refractivity contribution is 1.02. The normalized spacial score (nSPS) is 10.1. The Morgan fingerprint density at radius 3 is 2.90 bits per heavy atom. The molecule has 0 unspecified atom stereocenters. The molecule has 0 aliphatic rings. The Morgan fingerprint density at radius 2 is 2.40 bits per heavy atom. The Morgan fingerprint density at radius 1 is 1.60 bits per heavy atom. The van der Waals surface area contributed by atoms with E-state index in [0.29, 0.717) is 5.13 Å². The highest BCUT2D eigenvalue weighted by molar-refractivity contribution is 8.16. The fourth-order valence-electron chi connectivity index (χ4n) is 0.388. The molecule has 1 aromatic heterocycles. The van der Waals surface area contributed by atoms with Crippen molar-refractivity contribution in [1.82, 2.24) is 10.2 Å². The number of nitrogen functional groups attached to an aromatic ring is 1. The number of thioether (sulfide) groups is 2. The first-order chi connectivity index (χ1) is 4.83. The highest BCUT2D eigenvalue weighted by atomic mass is 32.2. The second-order valence-electron chi connectivity index (χ2n) is 1.46. The first-order valence-corrected chi connectivity index (χ1v) is 5.73. The number of nitrogens with zero attached hydrogens (tertiary/aromatic N) is 2. The van der Waals surface area contributed by atoms with E-state index < -0.39 is 0 Å². The molecule has 0 amide bonds. The number of anilines is 1. The van der Waals surface area contributed by atoms with Crippen LogP contribution in [0.15, 0.2) is 4.34 Å². The minimum atomic E-state index is 0.545. The monoisotopic (exact) mass is 193 g/mol. The fourth-order valence-corrected chi connectivity index (χ4v) is 2.63. The smallest absolute Gasteiger partial charge is 0.203 e. The van der Waals surface area contributed by atoms with Gasteiger partial charge in [-0.25, -0.2) is 0 Å². The molecule has 6 heteroatoms. The molecule has 0 saturated carbocycles. The van der Waals surface area contributed by atoms with Crippen molar-refractivity contribution in [2.24, 2.45) is 0 Å². The van der Waals surface area contributed by atoms with Crippen LogP contribution in [0.2, 0.25) is 0 Å². The highest BCUT2D eigenvalue weighted by Gasteiger charge is 1.98. The van der Waals surface area contributed by atoms with Crippen LogP contribution in [-0.4, -0.2) is 21.5 Å². The summed E-state index contributed by atoms with van der Waals surface area (Å²) >= 11 is 4.87. The summed E-state index contributed by atoms with van der Waals surface area (Å²) in [5.41, 5.74) is 5.38. The van der Waals surface area contributed by atoms with Crippen LogP contribution < -0.4 is 5.73 Å². The number of hydrogen-bond acceptors (Lipinski definition) is 6. The molecule has 0 radical (unpaired) electrons. The Labute approximate surface area is 71.8 Å². The van der Waals surface area contributed by atoms with E-state index in [2.05, 4.69) is 16.5 Å². The van der Waals surface area contributed by atoms with Gasteiger partial charge >= 0.3 is 0 Å². The third-order valence-corrected chi connectivity index (χ3v) is 3.62. The Hall–Kier alpha value is 0.0600. The maximum Gasteiger partial charge on any atom is 0.203 e. The summed E-state index contributed by atoms with van der Waals surface area (Å²) in [5, 5.41) is 9.09.